The molecule has 2 aromatic carbocycles. The minimum Gasteiger partial charge on any atom is -0.304 e. The third-order valence-corrected chi connectivity index (χ3v) is 4.69. The zero-order valence-electron chi connectivity index (χ0n) is 11.0. The Bertz CT molecular complexity index is 504. The summed E-state index contributed by atoms with van der Waals surface area (Å²) in [4.78, 5) is 0. The monoisotopic (exact) mass is 381 g/mol. The van der Waals surface area contributed by atoms with Gasteiger partial charge in [-0.25, -0.2) is 0 Å². The highest BCUT2D eigenvalue weighted by Gasteiger charge is 2.14. The van der Waals surface area contributed by atoms with Gasteiger partial charge in [-0.1, -0.05) is 68.3 Å². The summed E-state index contributed by atoms with van der Waals surface area (Å²) < 4.78 is 2.30. The number of hydrogen-bond acceptors (Lipinski definition) is 1. The van der Waals surface area contributed by atoms with Gasteiger partial charge in [0, 0.05) is 21.0 Å². The van der Waals surface area contributed by atoms with E-state index in [0.717, 1.165) is 8.95 Å². The van der Waals surface area contributed by atoms with E-state index in [1.807, 2.05) is 12.1 Å². The molecule has 0 amide bonds. The first kappa shape index (κ1) is 14.8. The summed E-state index contributed by atoms with van der Waals surface area (Å²) in [7, 11) is 0. The van der Waals surface area contributed by atoms with Crippen LogP contribution in [0.25, 0.3) is 0 Å². The van der Waals surface area contributed by atoms with E-state index >= 15 is 0 Å². The van der Waals surface area contributed by atoms with E-state index in [1.165, 1.54) is 11.1 Å². The topological polar surface area (TPSA) is 12.0 Å². The van der Waals surface area contributed by atoms with Gasteiger partial charge in [-0.15, -0.1) is 0 Å². The third kappa shape index (κ3) is 3.68. The lowest BCUT2D eigenvalue weighted by atomic mass is 10.0. The molecule has 0 saturated heterocycles. The summed E-state index contributed by atoms with van der Waals surface area (Å²) in [6.45, 7) is 4.38. The van der Waals surface area contributed by atoms with Gasteiger partial charge in [0.15, 0.2) is 0 Å². The number of benzene rings is 2. The molecule has 2 atom stereocenters. The lowest BCUT2D eigenvalue weighted by molar-refractivity contribution is 0.492. The van der Waals surface area contributed by atoms with Crippen LogP contribution in [0.5, 0.6) is 0 Å². The maximum absolute atomic E-state index is 3.63. The van der Waals surface area contributed by atoms with Gasteiger partial charge < -0.3 is 5.32 Å². The number of rotatable bonds is 4. The number of halogens is 2. The highest BCUT2D eigenvalue weighted by molar-refractivity contribution is 9.10. The Labute approximate surface area is 131 Å². The fraction of sp³-hybridized carbons (Fsp3) is 0.250. The Kier molecular flexibility index (Phi) is 5.20. The van der Waals surface area contributed by atoms with E-state index in [2.05, 4.69) is 87.4 Å². The molecule has 100 valence electrons. The molecular formula is C16H17Br2N. The molecule has 0 fully saturated rings. The van der Waals surface area contributed by atoms with Crippen molar-refractivity contribution in [3.8, 4) is 0 Å². The van der Waals surface area contributed by atoms with Crippen molar-refractivity contribution in [1.29, 1.82) is 0 Å². The predicted octanol–water partition coefficient (Wildman–Crippen LogP) is 5.62. The minimum absolute atomic E-state index is 0.290. The molecule has 0 bridgehead atoms. The van der Waals surface area contributed by atoms with E-state index in [-0.39, 0.29) is 12.1 Å². The Morgan fingerprint density at radius 3 is 1.47 bits per heavy atom. The Hall–Kier alpha value is -0.640. The number of nitrogens with one attached hydrogen (secondary N) is 1. The van der Waals surface area contributed by atoms with Crippen LogP contribution in [0, 0.1) is 0 Å². The van der Waals surface area contributed by atoms with Gasteiger partial charge in [-0.3, -0.25) is 0 Å². The van der Waals surface area contributed by atoms with Gasteiger partial charge in [0.2, 0.25) is 0 Å². The van der Waals surface area contributed by atoms with Gasteiger partial charge in [0.05, 0.1) is 0 Å². The molecule has 0 aliphatic heterocycles. The number of hydrogen-bond donors (Lipinski definition) is 1. The third-order valence-electron chi connectivity index (χ3n) is 3.24. The zero-order valence-corrected chi connectivity index (χ0v) is 14.2. The fourth-order valence-electron chi connectivity index (χ4n) is 2.21. The van der Waals surface area contributed by atoms with Crippen molar-refractivity contribution >= 4 is 31.9 Å². The quantitative estimate of drug-likeness (QED) is 0.723. The zero-order chi connectivity index (χ0) is 13.8. The highest BCUT2D eigenvalue weighted by atomic mass is 79.9. The molecule has 2 rings (SSSR count). The molecule has 0 heterocycles. The Morgan fingerprint density at radius 1 is 0.737 bits per heavy atom. The van der Waals surface area contributed by atoms with Gasteiger partial charge in [-0.2, -0.15) is 0 Å². The van der Waals surface area contributed by atoms with Gasteiger partial charge in [-0.05, 0) is 37.1 Å². The highest BCUT2D eigenvalue weighted by Crippen LogP contribution is 2.28. The summed E-state index contributed by atoms with van der Waals surface area (Å²) in [5.74, 6) is 0. The van der Waals surface area contributed by atoms with Crippen LogP contribution in [0.3, 0.4) is 0 Å². The first-order chi connectivity index (χ1) is 9.09. The molecule has 1 nitrogen and oxygen atoms in total. The van der Waals surface area contributed by atoms with Gasteiger partial charge in [0.25, 0.3) is 0 Å². The normalized spacial score (nSPS) is 14.1. The average molecular weight is 383 g/mol. The fourth-order valence-corrected chi connectivity index (χ4v) is 3.46. The van der Waals surface area contributed by atoms with Crippen molar-refractivity contribution in [2.45, 2.75) is 25.9 Å². The van der Waals surface area contributed by atoms with Crippen LogP contribution in [0.15, 0.2) is 57.5 Å². The van der Waals surface area contributed by atoms with Gasteiger partial charge in [0.1, 0.15) is 0 Å². The van der Waals surface area contributed by atoms with Crippen molar-refractivity contribution in [3.63, 3.8) is 0 Å². The molecule has 0 aliphatic carbocycles. The first-order valence-corrected chi connectivity index (χ1v) is 7.93. The van der Waals surface area contributed by atoms with Crippen molar-refractivity contribution in [3.05, 3.63) is 68.6 Å². The van der Waals surface area contributed by atoms with Crippen LogP contribution in [-0.2, 0) is 0 Å². The molecule has 0 aromatic heterocycles. The largest absolute Gasteiger partial charge is 0.304 e. The van der Waals surface area contributed by atoms with Crippen LogP contribution in [0.4, 0.5) is 0 Å². The summed E-state index contributed by atoms with van der Waals surface area (Å²) in [5.41, 5.74) is 2.56. The van der Waals surface area contributed by atoms with E-state index in [4.69, 9.17) is 0 Å². The molecule has 0 saturated carbocycles. The molecule has 19 heavy (non-hydrogen) atoms. The maximum atomic E-state index is 3.63. The Morgan fingerprint density at radius 2 is 1.11 bits per heavy atom. The van der Waals surface area contributed by atoms with Crippen LogP contribution >= 0.6 is 31.9 Å². The smallest absolute Gasteiger partial charge is 0.0308 e. The van der Waals surface area contributed by atoms with Crippen molar-refractivity contribution < 1.29 is 0 Å². The molecule has 0 aliphatic rings. The summed E-state index contributed by atoms with van der Waals surface area (Å²) in [6.07, 6.45) is 0. The summed E-state index contributed by atoms with van der Waals surface area (Å²) in [6, 6.07) is 17.3. The predicted molar refractivity (Wildman–Crippen MR) is 88.2 cm³/mol. The summed E-state index contributed by atoms with van der Waals surface area (Å²) in [5, 5.41) is 3.63. The molecule has 0 radical (unpaired) electrons. The SMILES string of the molecule is C[C@H](N[C@H](C)c1ccccc1Br)c1ccccc1Br. The van der Waals surface area contributed by atoms with Crippen LogP contribution in [-0.4, -0.2) is 0 Å². The lowest BCUT2D eigenvalue weighted by Crippen LogP contribution is -2.23. The van der Waals surface area contributed by atoms with E-state index < -0.39 is 0 Å². The van der Waals surface area contributed by atoms with Crippen LogP contribution < -0.4 is 5.32 Å². The summed E-state index contributed by atoms with van der Waals surface area (Å²) >= 11 is 7.22. The van der Waals surface area contributed by atoms with Crippen molar-refractivity contribution in [1.82, 2.24) is 5.32 Å². The van der Waals surface area contributed by atoms with Crippen molar-refractivity contribution in [2.75, 3.05) is 0 Å². The molecule has 2 aromatic rings. The second kappa shape index (κ2) is 6.69. The minimum atomic E-state index is 0.290. The second-order valence-electron chi connectivity index (χ2n) is 4.65. The average Bonchev–Trinajstić information content (AvgIpc) is 2.39. The van der Waals surface area contributed by atoms with Crippen LogP contribution in [0.2, 0.25) is 0 Å². The van der Waals surface area contributed by atoms with E-state index in [1.54, 1.807) is 0 Å². The molecule has 0 unspecified atom stereocenters. The molecule has 3 heteroatoms. The first-order valence-electron chi connectivity index (χ1n) is 6.34. The Balaban J connectivity index is 2.13. The maximum Gasteiger partial charge on any atom is 0.0308 e. The van der Waals surface area contributed by atoms with E-state index in [9.17, 15) is 0 Å². The molecule has 0 spiro atoms. The van der Waals surface area contributed by atoms with Gasteiger partial charge >= 0.3 is 0 Å². The molecular weight excluding hydrogens is 366 g/mol. The van der Waals surface area contributed by atoms with Crippen molar-refractivity contribution in [2.24, 2.45) is 0 Å². The van der Waals surface area contributed by atoms with Crippen LogP contribution in [0.1, 0.15) is 37.1 Å². The van der Waals surface area contributed by atoms with E-state index in [0.29, 0.717) is 0 Å². The lowest BCUT2D eigenvalue weighted by Gasteiger charge is -2.22. The molecule has 1 N–H and O–H groups in total. The second-order valence-corrected chi connectivity index (χ2v) is 6.36. The standard InChI is InChI=1S/C16H17Br2N/c1-11(13-7-3-5-9-15(13)17)19-12(2)14-8-4-6-10-16(14)18/h3-12,19H,1-2H3/t11-,12+.